The van der Waals surface area contributed by atoms with Crippen LogP contribution >= 0.6 is 63.7 Å². The molecule has 0 unspecified atom stereocenters. The number of unbranched alkanes of at least 4 members (excludes halogenated alkanes) is 18. The Bertz CT molecular complexity index is 4870. The average molecular weight is 1910 g/mol. The van der Waals surface area contributed by atoms with Gasteiger partial charge in [-0.25, -0.2) is 0 Å². The molecular formula is C113H148B2Br4O4. The molecule has 0 aromatic heterocycles. The third-order valence-corrected chi connectivity index (χ3v) is 32.7. The molecule has 9 aromatic carbocycles. The summed E-state index contributed by atoms with van der Waals surface area (Å²) in [4.78, 5) is 0. The van der Waals surface area contributed by atoms with E-state index < -0.39 is 42.1 Å². The molecule has 2 heterocycles. The zero-order valence-corrected chi connectivity index (χ0v) is 86.1. The van der Waals surface area contributed by atoms with Gasteiger partial charge >= 0.3 is 14.2 Å². The lowest BCUT2D eigenvalue weighted by Gasteiger charge is -2.32. The molecule has 658 valence electrons. The summed E-state index contributed by atoms with van der Waals surface area (Å²) in [6.07, 6.45) is 38.1. The molecule has 2 saturated heterocycles. The van der Waals surface area contributed by atoms with Crippen molar-refractivity contribution in [2.24, 2.45) is 0 Å². The van der Waals surface area contributed by atoms with Gasteiger partial charge in [-0.1, -0.05) is 311 Å². The molecular weight excluding hydrogens is 1760 g/mol. The fourth-order valence-electron chi connectivity index (χ4n) is 20.0. The second-order valence-electron chi connectivity index (χ2n) is 40.1. The first-order valence-electron chi connectivity index (χ1n) is 48.2. The minimum absolute atomic E-state index is 0.172. The van der Waals surface area contributed by atoms with Crippen LogP contribution in [0.4, 0.5) is 0 Å². The van der Waals surface area contributed by atoms with Crippen LogP contribution in [0.15, 0.2) is 145 Å². The van der Waals surface area contributed by atoms with Crippen LogP contribution in [-0.2, 0) is 68.0 Å². The molecule has 0 saturated carbocycles. The van der Waals surface area contributed by atoms with Gasteiger partial charge in [-0.05, 0) is 386 Å². The van der Waals surface area contributed by atoms with Crippen molar-refractivity contribution in [2.45, 2.75) is 384 Å². The second kappa shape index (κ2) is 41.7. The Morgan fingerprint density at radius 2 is 0.480 bits per heavy atom. The maximum Gasteiger partial charge on any atom is 0.495 e. The van der Waals surface area contributed by atoms with Crippen LogP contribution in [0.5, 0.6) is 0 Å². The first-order chi connectivity index (χ1) is 58.6. The second-order valence-corrected chi connectivity index (χ2v) is 43.5. The van der Waals surface area contributed by atoms with Crippen molar-refractivity contribution in [1.82, 2.24) is 0 Å². The van der Waals surface area contributed by atoms with Crippen molar-refractivity contribution in [2.75, 3.05) is 0 Å². The van der Waals surface area contributed by atoms with Crippen LogP contribution in [-0.4, -0.2) is 36.6 Å². The van der Waals surface area contributed by atoms with Crippen LogP contribution in [0.1, 0.15) is 388 Å². The Kier molecular flexibility index (Phi) is 32.9. The summed E-state index contributed by atoms with van der Waals surface area (Å²) in [5, 5.41) is 0. The summed E-state index contributed by atoms with van der Waals surface area (Å²) < 4.78 is 31.6. The standard InChI is InChI=1S/C46H66B2O4.C34H42Br2.C33H40Br2/c1-14-16-18-20-22-33-26-34(23-21-19-17-15-2)28-35(27-33)46(13)38-29-40(47-49-42(5,6)43(7,8)50-47)31(3)24-36(38)37-25-32(4)41(30-39(37)46)48-51-44(9,10)45(11,12)52-48;1-6-8-10-12-14-25-18-26(15-13-11-9-7-2)20-27(19-25)34(5)30-21-32(35)23(3)16-28(30)29-17-24(4)33(36)22-31(29)34;1-5-7-9-11-13-24-17-25(14-12-10-8-6-2)19-26(18-24)33-29-20-31(34)22(3)15-27(29)28-16-23(4)32(35)21-30(28)33/h24-30H,14-23H2,1-13H3;16-22H,6-15H2,1-5H3;15-21,33H,5-14H2,1-4H3. The molecule has 0 radical (unpaired) electrons. The molecule has 9 aromatic rings. The number of halogens is 4. The molecule has 5 aliphatic rings. The molecule has 0 N–H and O–H groups in total. The summed E-state index contributed by atoms with van der Waals surface area (Å²) in [5.74, 6) is 0.291. The monoisotopic (exact) mass is 1910 g/mol. The highest BCUT2D eigenvalue weighted by molar-refractivity contribution is 9.11. The number of fused-ring (bicyclic) bond motifs is 9. The number of aryl methyl sites for hydroxylation is 12. The van der Waals surface area contributed by atoms with E-state index in [0.717, 1.165) is 23.8 Å². The zero-order chi connectivity index (χ0) is 88.7. The molecule has 14 rings (SSSR count). The van der Waals surface area contributed by atoms with Crippen molar-refractivity contribution in [3.8, 4) is 33.4 Å². The Labute approximate surface area is 780 Å². The summed E-state index contributed by atoms with van der Waals surface area (Å²) in [7, 11) is -0.853. The lowest BCUT2D eigenvalue weighted by Crippen LogP contribution is -2.41. The van der Waals surface area contributed by atoms with Crippen LogP contribution in [0.2, 0.25) is 0 Å². The third-order valence-electron chi connectivity index (χ3n) is 29.3. The number of hydrogen-bond donors (Lipinski definition) is 0. The Morgan fingerprint density at radius 3 is 0.740 bits per heavy atom. The summed E-state index contributed by atoms with van der Waals surface area (Å²) in [6, 6.07) is 51.4. The van der Waals surface area contributed by atoms with Crippen molar-refractivity contribution in [3.63, 3.8) is 0 Å². The first-order valence-corrected chi connectivity index (χ1v) is 51.4. The lowest BCUT2D eigenvalue weighted by atomic mass is 9.67. The fourth-order valence-corrected chi connectivity index (χ4v) is 21.5. The maximum atomic E-state index is 6.70. The third kappa shape index (κ3) is 21.3. The van der Waals surface area contributed by atoms with E-state index in [4.69, 9.17) is 18.6 Å². The number of benzene rings is 9. The van der Waals surface area contributed by atoms with Gasteiger partial charge in [0.25, 0.3) is 0 Å². The van der Waals surface area contributed by atoms with E-state index >= 15 is 0 Å². The molecule has 123 heavy (non-hydrogen) atoms. The average Bonchev–Trinajstić information content (AvgIpc) is 1.54. The molecule has 10 heteroatoms. The minimum Gasteiger partial charge on any atom is -0.399 e. The lowest BCUT2D eigenvalue weighted by molar-refractivity contribution is 0.00578. The van der Waals surface area contributed by atoms with Gasteiger partial charge in [0.2, 0.25) is 0 Å². The highest BCUT2D eigenvalue weighted by Gasteiger charge is 2.55. The van der Waals surface area contributed by atoms with Crippen molar-refractivity contribution >= 4 is 88.9 Å². The molecule has 3 aliphatic carbocycles. The smallest absolute Gasteiger partial charge is 0.399 e. The fraction of sp³-hybridized carbons (Fsp3) is 0.522. The van der Waals surface area contributed by atoms with Gasteiger partial charge in [0.05, 0.1) is 22.4 Å². The zero-order valence-electron chi connectivity index (χ0n) is 79.7. The van der Waals surface area contributed by atoms with E-state index in [-0.39, 0.29) is 5.41 Å². The summed E-state index contributed by atoms with van der Waals surface area (Å²) in [5.41, 5.74) is 37.5. The van der Waals surface area contributed by atoms with Gasteiger partial charge in [-0.3, -0.25) is 0 Å². The highest BCUT2D eigenvalue weighted by atomic mass is 79.9. The molecule has 0 amide bonds. The van der Waals surface area contributed by atoms with E-state index in [9.17, 15) is 0 Å². The SMILES string of the molecule is CCCCCCc1cc(CCCCCC)cc(C2(C)c3cc(B4OC(C)(C)C(C)(C)O4)c(C)cc3-c3cc(C)c(B4OC(C)(C)C(C)(C)O4)cc32)c1.CCCCCCc1cc(CCCCCC)cc(C2(C)c3cc(Br)c(C)cc3-c3cc(C)c(Br)cc32)c1.CCCCCCc1cc(CCCCCC)cc(C2c3cc(Br)c(C)cc3-c3cc(C)c(Br)cc32)c1. The van der Waals surface area contributed by atoms with E-state index in [1.54, 1.807) is 0 Å². The van der Waals surface area contributed by atoms with Gasteiger partial charge < -0.3 is 18.6 Å². The first kappa shape index (κ1) is 96.9. The molecule has 0 atom stereocenters. The molecule has 0 spiro atoms. The Balaban J connectivity index is 0.000000173. The van der Waals surface area contributed by atoms with Crippen LogP contribution in [0.3, 0.4) is 0 Å². The number of hydrogen-bond acceptors (Lipinski definition) is 4. The largest absolute Gasteiger partial charge is 0.495 e. The quantitative estimate of drug-likeness (QED) is 0.0293. The number of rotatable bonds is 35. The molecule has 2 fully saturated rings. The van der Waals surface area contributed by atoms with Gasteiger partial charge in [0.1, 0.15) is 0 Å². The summed E-state index contributed by atoms with van der Waals surface area (Å²) >= 11 is 15.4. The van der Waals surface area contributed by atoms with E-state index in [0.29, 0.717) is 5.92 Å². The van der Waals surface area contributed by atoms with Crippen LogP contribution < -0.4 is 10.9 Å². The predicted molar refractivity (Wildman–Crippen MR) is 545 cm³/mol. The Morgan fingerprint density at radius 1 is 0.252 bits per heavy atom. The van der Waals surface area contributed by atoms with Gasteiger partial charge in [0.15, 0.2) is 0 Å². The van der Waals surface area contributed by atoms with Crippen molar-refractivity contribution in [3.05, 3.63) is 262 Å². The van der Waals surface area contributed by atoms with E-state index in [2.05, 4.69) is 343 Å². The van der Waals surface area contributed by atoms with Crippen molar-refractivity contribution < 1.29 is 18.6 Å². The van der Waals surface area contributed by atoms with E-state index in [1.807, 2.05) is 0 Å². The summed E-state index contributed by atoms with van der Waals surface area (Å²) in [6.45, 7) is 49.1. The van der Waals surface area contributed by atoms with Crippen LogP contribution in [0, 0.1) is 41.5 Å². The Hall–Kier alpha value is -5.13. The normalized spacial score (nSPS) is 16.2. The van der Waals surface area contributed by atoms with Crippen molar-refractivity contribution in [1.29, 1.82) is 0 Å². The maximum absolute atomic E-state index is 6.70. The molecule has 0 bridgehead atoms. The van der Waals surface area contributed by atoms with E-state index in [1.165, 1.54) is 348 Å². The van der Waals surface area contributed by atoms with Gasteiger partial charge in [-0.2, -0.15) is 0 Å². The molecule has 2 aliphatic heterocycles. The van der Waals surface area contributed by atoms with Gasteiger partial charge in [-0.15, -0.1) is 0 Å². The predicted octanol–water partition coefficient (Wildman–Crippen LogP) is 33.1. The van der Waals surface area contributed by atoms with Crippen LogP contribution in [0.25, 0.3) is 33.4 Å². The molecule has 4 nitrogen and oxygen atoms in total. The van der Waals surface area contributed by atoms with Gasteiger partial charge in [0, 0.05) is 34.6 Å². The minimum atomic E-state index is -0.427. The topological polar surface area (TPSA) is 36.9 Å². The highest BCUT2D eigenvalue weighted by Crippen LogP contribution is 2.58.